The third-order valence-corrected chi connectivity index (χ3v) is 3.54. The van der Waals surface area contributed by atoms with Crippen LogP contribution in [0.15, 0.2) is 42.5 Å². The number of benzene rings is 2. The van der Waals surface area contributed by atoms with Crippen molar-refractivity contribution >= 4 is 0 Å². The lowest BCUT2D eigenvalue weighted by Gasteiger charge is -2.15. The fourth-order valence-electron chi connectivity index (χ4n) is 2.45. The highest BCUT2D eigenvalue weighted by molar-refractivity contribution is 5.70. The lowest BCUT2D eigenvalue weighted by atomic mass is 9.90. The molecule has 0 spiro atoms. The molecule has 1 nitrogen and oxygen atoms in total. The van der Waals surface area contributed by atoms with Crippen molar-refractivity contribution in [2.75, 3.05) is 0 Å². The highest BCUT2D eigenvalue weighted by Gasteiger charge is 2.11. The zero-order valence-corrected chi connectivity index (χ0v) is 12.1. The molecule has 0 amide bonds. The van der Waals surface area contributed by atoms with Crippen molar-refractivity contribution < 1.29 is 5.11 Å². The van der Waals surface area contributed by atoms with E-state index < -0.39 is 0 Å². The molecule has 2 rings (SSSR count). The van der Waals surface area contributed by atoms with Crippen LogP contribution < -0.4 is 0 Å². The van der Waals surface area contributed by atoms with Gasteiger partial charge in [-0.05, 0) is 46.2 Å². The molecule has 0 aliphatic carbocycles. The summed E-state index contributed by atoms with van der Waals surface area (Å²) in [5.74, 6) is 1.21. The zero-order valence-electron chi connectivity index (χ0n) is 12.1. The van der Waals surface area contributed by atoms with Gasteiger partial charge in [-0.25, -0.2) is 0 Å². The summed E-state index contributed by atoms with van der Waals surface area (Å²) in [4.78, 5) is 0. The van der Waals surface area contributed by atoms with E-state index in [-0.39, 0.29) is 0 Å². The Kier molecular flexibility index (Phi) is 3.94. The Morgan fingerprint density at radius 3 is 2.05 bits per heavy atom. The van der Waals surface area contributed by atoms with Crippen molar-refractivity contribution in [2.45, 2.75) is 39.5 Å². The average molecular weight is 254 g/mol. The first kappa shape index (κ1) is 13.7. The summed E-state index contributed by atoms with van der Waals surface area (Å²) in [5, 5.41) is 9.93. The first-order valence-corrected chi connectivity index (χ1v) is 6.93. The van der Waals surface area contributed by atoms with Gasteiger partial charge in [-0.3, -0.25) is 0 Å². The molecule has 0 aliphatic heterocycles. The molecule has 0 aromatic heterocycles. The van der Waals surface area contributed by atoms with Gasteiger partial charge in [-0.1, -0.05) is 58.0 Å². The van der Waals surface area contributed by atoms with Crippen molar-refractivity contribution in [2.24, 2.45) is 0 Å². The lowest BCUT2D eigenvalue weighted by molar-refractivity contribution is 0.465. The van der Waals surface area contributed by atoms with Gasteiger partial charge in [0.15, 0.2) is 0 Å². The number of rotatable bonds is 3. The quantitative estimate of drug-likeness (QED) is 0.787. The number of hydrogen-bond donors (Lipinski definition) is 1. The van der Waals surface area contributed by atoms with Crippen LogP contribution in [0.3, 0.4) is 0 Å². The molecule has 0 saturated heterocycles. The van der Waals surface area contributed by atoms with Crippen molar-refractivity contribution in [3.8, 4) is 16.9 Å². The lowest BCUT2D eigenvalue weighted by Crippen LogP contribution is -1.94. The summed E-state index contributed by atoms with van der Waals surface area (Å²) >= 11 is 0. The van der Waals surface area contributed by atoms with Gasteiger partial charge in [0.1, 0.15) is 5.75 Å². The molecule has 0 atom stereocenters. The molecule has 0 fully saturated rings. The van der Waals surface area contributed by atoms with Gasteiger partial charge < -0.3 is 5.11 Å². The van der Waals surface area contributed by atoms with E-state index in [4.69, 9.17) is 0 Å². The Balaban J connectivity index is 2.57. The highest BCUT2D eigenvalue weighted by atomic mass is 16.3. The smallest absolute Gasteiger partial charge is 0.119 e. The van der Waals surface area contributed by atoms with E-state index in [9.17, 15) is 5.11 Å². The second-order valence-electron chi connectivity index (χ2n) is 5.67. The first-order chi connectivity index (χ1) is 9.00. The molecule has 0 unspecified atom stereocenters. The predicted molar refractivity (Wildman–Crippen MR) is 81.7 cm³/mol. The van der Waals surface area contributed by atoms with Crippen molar-refractivity contribution in [1.29, 1.82) is 0 Å². The van der Waals surface area contributed by atoms with Gasteiger partial charge in [0, 0.05) is 0 Å². The van der Waals surface area contributed by atoms with Crippen molar-refractivity contribution in [3.05, 3.63) is 53.6 Å². The molecule has 2 aromatic rings. The summed E-state index contributed by atoms with van der Waals surface area (Å²) < 4.78 is 0. The Morgan fingerprint density at radius 1 is 0.789 bits per heavy atom. The van der Waals surface area contributed by atoms with Crippen molar-refractivity contribution in [3.63, 3.8) is 0 Å². The van der Waals surface area contributed by atoms with E-state index in [1.807, 2.05) is 12.1 Å². The van der Waals surface area contributed by atoms with Gasteiger partial charge >= 0.3 is 0 Å². The SMILES string of the molecule is CC(C)c1cc(-c2ccccc2C(C)C)ccc1O. The van der Waals surface area contributed by atoms with E-state index in [0.29, 0.717) is 17.6 Å². The molecule has 100 valence electrons. The van der Waals surface area contributed by atoms with Crippen LogP contribution in [0.4, 0.5) is 0 Å². The maximum atomic E-state index is 9.93. The van der Waals surface area contributed by atoms with Crippen LogP contribution >= 0.6 is 0 Å². The molecule has 0 radical (unpaired) electrons. The van der Waals surface area contributed by atoms with E-state index in [2.05, 4.69) is 58.0 Å². The van der Waals surface area contributed by atoms with Crippen LogP contribution in [-0.4, -0.2) is 5.11 Å². The van der Waals surface area contributed by atoms with E-state index in [1.165, 1.54) is 16.7 Å². The van der Waals surface area contributed by atoms with Crippen LogP contribution in [0, 0.1) is 0 Å². The average Bonchev–Trinajstić information content (AvgIpc) is 2.39. The third kappa shape index (κ3) is 2.81. The number of hydrogen-bond acceptors (Lipinski definition) is 1. The molecule has 0 saturated carbocycles. The minimum atomic E-state index is 0.325. The summed E-state index contributed by atoms with van der Waals surface area (Å²) in [6.45, 7) is 8.63. The van der Waals surface area contributed by atoms with E-state index >= 15 is 0 Å². The minimum absolute atomic E-state index is 0.325. The van der Waals surface area contributed by atoms with Gasteiger partial charge in [0.2, 0.25) is 0 Å². The predicted octanol–water partition coefficient (Wildman–Crippen LogP) is 5.31. The normalized spacial score (nSPS) is 11.3. The fourth-order valence-corrected chi connectivity index (χ4v) is 2.45. The van der Waals surface area contributed by atoms with Crippen LogP contribution in [0.5, 0.6) is 5.75 Å². The van der Waals surface area contributed by atoms with Gasteiger partial charge in [-0.15, -0.1) is 0 Å². The number of phenolic OH excluding ortho intramolecular Hbond substituents is 1. The first-order valence-electron chi connectivity index (χ1n) is 6.93. The topological polar surface area (TPSA) is 20.2 Å². The monoisotopic (exact) mass is 254 g/mol. The zero-order chi connectivity index (χ0) is 14.0. The maximum absolute atomic E-state index is 9.93. The summed E-state index contributed by atoms with van der Waals surface area (Å²) in [7, 11) is 0. The van der Waals surface area contributed by atoms with Gasteiger partial charge in [0.05, 0.1) is 0 Å². The molecule has 1 N–H and O–H groups in total. The molecular formula is C18H22O. The Labute approximate surface area is 115 Å². The van der Waals surface area contributed by atoms with Crippen LogP contribution in [0.1, 0.15) is 50.7 Å². The molecular weight excluding hydrogens is 232 g/mol. The highest BCUT2D eigenvalue weighted by Crippen LogP contribution is 2.34. The maximum Gasteiger partial charge on any atom is 0.119 e. The van der Waals surface area contributed by atoms with Gasteiger partial charge in [0.25, 0.3) is 0 Å². The molecule has 0 heterocycles. The summed E-state index contributed by atoms with van der Waals surface area (Å²) in [6, 6.07) is 14.4. The van der Waals surface area contributed by atoms with Crippen LogP contribution in [-0.2, 0) is 0 Å². The molecule has 19 heavy (non-hydrogen) atoms. The fraction of sp³-hybridized carbons (Fsp3) is 0.333. The van der Waals surface area contributed by atoms with E-state index in [1.54, 1.807) is 0 Å². The Bertz CT molecular complexity index is 568. The van der Waals surface area contributed by atoms with Crippen LogP contribution in [0.25, 0.3) is 11.1 Å². The standard InChI is InChI=1S/C18H22O/c1-12(2)15-7-5-6-8-16(15)14-9-10-18(19)17(11-14)13(3)4/h5-13,19H,1-4H3. The molecule has 0 bridgehead atoms. The molecule has 0 aliphatic rings. The van der Waals surface area contributed by atoms with Crippen LogP contribution in [0.2, 0.25) is 0 Å². The largest absolute Gasteiger partial charge is 0.508 e. The van der Waals surface area contributed by atoms with Gasteiger partial charge in [-0.2, -0.15) is 0 Å². The minimum Gasteiger partial charge on any atom is -0.508 e. The van der Waals surface area contributed by atoms with E-state index in [0.717, 1.165) is 5.56 Å². The molecule has 2 aromatic carbocycles. The third-order valence-electron chi connectivity index (χ3n) is 3.54. The Hall–Kier alpha value is -1.76. The number of phenols is 1. The van der Waals surface area contributed by atoms with Crippen molar-refractivity contribution in [1.82, 2.24) is 0 Å². The Morgan fingerprint density at radius 2 is 1.42 bits per heavy atom. The number of aromatic hydroxyl groups is 1. The summed E-state index contributed by atoms with van der Waals surface area (Å²) in [5.41, 5.74) is 4.81. The summed E-state index contributed by atoms with van der Waals surface area (Å²) in [6.07, 6.45) is 0. The second-order valence-corrected chi connectivity index (χ2v) is 5.67. The molecule has 1 heteroatoms. The second kappa shape index (κ2) is 5.48.